The molecule has 1 N–H and O–H groups in total. The van der Waals surface area contributed by atoms with Gasteiger partial charge in [0, 0.05) is 6.42 Å². The summed E-state index contributed by atoms with van der Waals surface area (Å²) in [6.07, 6.45) is 0.654. The van der Waals surface area contributed by atoms with Gasteiger partial charge in [0.1, 0.15) is 11.3 Å². The molecule has 0 aliphatic heterocycles. The summed E-state index contributed by atoms with van der Waals surface area (Å²) in [5, 5.41) is 10.4. The van der Waals surface area contributed by atoms with Crippen LogP contribution < -0.4 is 0 Å². The van der Waals surface area contributed by atoms with Crippen molar-refractivity contribution in [2.24, 2.45) is 5.41 Å². The standard InChI is InChI=1S/C18H22O6/c1-5-23-16(21)10-7-11(17(22)24-6-2)15(20)14-12(10)8-18(3,4)9-13(14)19/h7,20H,5-6,8-9H2,1-4H3. The van der Waals surface area contributed by atoms with E-state index in [-0.39, 0.29) is 47.5 Å². The third-order valence-electron chi connectivity index (χ3n) is 3.97. The van der Waals surface area contributed by atoms with Crippen molar-refractivity contribution >= 4 is 17.7 Å². The van der Waals surface area contributed by atoms with E-state index in [0.29, 0.717) is 12.0 Å². The molecule has 0 saturated heterocycles. The number of hydrogen-bond donors (Lipinski definition) is 1. The molecule has 0 aromatic heterocycles. The molecule has 1 aromatic carbocycles. The van der Waals surface area contributed by atoms with Crippen LogP contribution >= 0.6 is 0 Å². The first-order valence-corrected chi connectivity index (χ1v) is 7.98. The number of phenols is 1. The second-order valence-electron chi connectivity index (χ2n) is 6.56. The van der Waals surface area contributed by atoms with Gasteiger partial charge in [-0.25, -0.2) is 9.59 Å². The van der Waals surface area contributed by atoms with Crippen molar-refractivity contribution in [3.8, 4) is 5.75 Å². The van der Waals surface area contributed by atoms with Gasteiger partial charge in [-0.15, -0.1) is 0 Å². The van der Waals surface area contributed by atoms with Crippen LogP contribution in [0.15, 0.2) is 6.07 Å². The van der Waals surface area contributed by atoms with E-state index in [0.717, 1.165) is 0 Å². The first kappa shape index (κ1) is 18.0. The lowest BCUT2D eigenvalue weighted by molar-refractivity contribution is 0.0521. The van der Waals surface area contributed by atoms with Crippen molar-refractivity contribution in [3.63, 3.8) is 0 Å². The first-order valence-electron chi connectivity index (χ1n) is 7.98. The SMILES string of the molecule is CCOC(=O)c1cc(C(=O)OCC)c2c(c1O)C(=O)CC(C)(C)C2. The number of ketones is 1. The number of esters is 2. The normalized spacial score (nSPS) is 15.6. The van der Waals surface area contributed by atoms with E-state index in [4.69, 9.17) is 9.47 Å². The van der Waals surface area contributed by atoms with Crippen molar-refractivity contribution in [3.05, 3.63) is 28.3 Å². The van der Waals surface area contributed by atoms with Gasteiger partial charge >= 0.3 is 11.9 Å². The Bertz CT molecular complexity index is 702. The fraction of sp³-hybridized carbons (Fsp3) is 0.500. The molecule has 0 bridgehead atoms. The zero-order valence-electron chi connectivity index (χ0n) is 14.4. The second kappa shape index (κ2) is 6.63. The van der Waals surface area contributed by atoms with Crippen LogP contribution in [0.1, 0.15) is 70.8 Å². The van der Waals surface area contributed by atoms with Crippen LogP contribution in [0.25, 0.3) is 0 Å². The average molecular weight is 334 g/mol. The predicted molar refractivity (Wildman–Crippen MR) is 86.5 cm³/mol. The van der Waals surface area contributed by atoms with E-state index in [1.807, 2.05) is 13.8 Å². The molecule has 0 unspecified atom stereocenters. The summed E-state index contributed by atoms with van der Waals surface area (Å²) in [5.74, 6) is -2.11. The minimum absolute atomic E-state index is 0.0305. The lowest BCUT2D eigenvalue weighted by atomic mass is 9.71. The second-order valence-corrected chi connectivity index (χ2v) is 6.56. The van der Waals surface area contributed by atoms with Crippen LogP contribution in [0.5, 0.6) is 5.75 Å². The molecular weight excluding hydrogens is 312 g/mol. The molecule has 24 heavy (non-hydrogen) atoms. The van der Waals surface area contributed by atoms with Crippen LogP contribution in [-0.2, 0) is 15.9 Å². The van der Waals surface area contributed by atoms with E-state index in [1.54, 1.807) is 13.8 Å². The topological polar surface area (TPSA) is 89.9 Å². The average Bonchev–Trinajstić information content (AvgIpc) is 2.46. The summed E-state index contributed by atoms with van der Waals surface area (Å²) >= 11 is 0. The number of Topliss-reactive ketones (excluding diaryl/α,β-unsaturated/α-hetero) is 1. The van der Waals surface area contributed by atoms with Crippen molar-refractivity contribution in [1.82, 2.24) is 0 Å². The van der Waals surface area contributed by atoms with Gasteiger partial charge in [0.2, 0.25) is 0 Å². The Labute approximate surface area is 140 Å². The van der Waals surface area contributed by atoms with Gasteiger partial charge in [-0.2, -0.15) is 0 Å². The Morgan fingerprint density at radius 3 is 2.17 bits per heavy atom. The molecule has 0 spiro atoms. The van der Waals surface area contributed by atoms with Gasteiger partial charge in [0.25, 0.3) is 0 Å². The van der Waals surface area contributed by atoms with Crippen molar-refractivity contribution in [2.45, 2.75) is 40.5 Å². The van der Waals surface area contributed by atoms with Gasteiger partial charge in [-0.05, 0) is 37.3 Å². The maximum absolute atomic E-state index is 12.5. The molecule has 2 rings (SSSR count). The Balaban J connectivity index is 2.71. The highest BCUT2D eigenvalue weighted by Crippen LogP contribution is 2.41. The fourth-order valence-electron chi connectivity index (χ4n) is 3.02. The van der Waals surface area contributed by atoms with Crippen molar-refractivity contribution < 1.29 is 29.0 Å². The van der Waals surface area contributed by atoms with E-state index in [2.05, 4.69) is 0 Å². The number of hydrogen-bond acceptors (Lipinski definition) is 6. The molecule has 0 heterocycles. The monoisotopic (exact) mass is 334 g/mol. The van der Waals surface area contributed by atoms with Crippen molar-refractivity contribution in [2.75, 3.05) is 13.2 Å². The largest absolute Gasteiger partial charge is 0.506 e. The number of aromatic hydroxyl groups is 1. The van der Waals surface area contributed by atoms with Gasteiger partial charge < -0.3 is 14.6 Å². The Morgan fingerprint density at radius 2 is 1.62 bits per heavy atom. The highest BCUT2D eigenvalue weighted by molar-refractivity contribution is 6.09. The highest BCUT2D eigenvalue weighted by Gasteiger charge is 2.38. The third-order valence-corrected chi connectivity index (χ3v) is 3.97. The van der Waals surface area contributed by atoms with Crippen LogP contribution in [0.4, 0.5) is 0 Å². The van der Waals surface area contributed by atoms with E-state index in [1.165, 1.54) is 6.07 Å². The minimum atomic E-state index is -0.777. The molecule has 130 valence electrons. The first-order chi connectivity index (χ1) is 11.2. The Hall–Kier alpha value is -2.37. The van der Waals surface area contributed by atoms with Crippen LogP contribution in [0.2, 0.25) is 0 Å². The van der Waals surface area contributed by atoms with Gasteiger partial charge in [-0.3, -0.25) is 4.79 Å². The Morgan fingerprint density at radius 1 is 1.08 bits per heavy atom. The number of carbonyl (C=O) groups is 3. The molecule has 6 heteroatoms. The summed E-state index contributed by atoms with van der Waals surface area (Å²) in [4.78, 5) is 36.9. The summed E-state index contributed by atoms with van der Waals surface area (Å²) < 4.78 is 9.96. The van der Waals surface area contributed by atoms with Crippen LogP contribution in [-0.4, -0.2) is 36.0 Å². The number of benzene rings is 1. The number of fused-ring (bicyclic) bond motifs is 1. The number of carbonyl (C=O) groups excluding carboxylic acids is 3. The maximum atomic E-state index is 12.5. The number of phenolic OH excluding ortho intramolecular Hbond substituents is 1. The summed E-state index contributed by atoms with van der Waals surface area (Å²) in [7, 11) is 0. The number of ether oxygens (including phenoxy) is 2. The van der Waals surface area contributed by atoms with E-state index < -0.39 is 17.7 Å². The van der Waals surface area contributed by atoms with E-state index in [9.17, 15) is 19.5 Å². The molecule has 1 aromatic rings. The molecule has 0 radical (unpaired) electrons. The summed E-state index contributed by atoms with van der Waals surface area (Å²) in [6, 6.07) is 1.26. The lowest BCUT2D eigenvalue weighted by Gasteiger charge is -2.32. The quantitative estimate of drug-likeness (QED) is 0.852. The number of rotatable bonds is 4. The van der Waals surface area contributed by atoms with Crippen LogP contribution in [0, 0.1) is 5.41 Å². The molecule has 1 aliphatic carbocycles. The minimum Gasteiger partial charge on any atom is -0.506 e. The zero-order chi connectivity index (χ0) is 18.1. The maximum Gasteiger partial charge on any atom is 0.341 e. The van der Waals surface area contributed by atoms with Crippen LogP contribution in [0.3, 0.4) is 0 Å². The molecule has 0 atom stereocenters. The fourth-order valence-corrected chi connectivity index (χ4v) is 3.02. The molecule has 1 aliphatic rings. The van der Waals surface area contributed by atoms with Crippen molar-refractivity contribution in [1.29, 1.82) is 0 Å². The molecule has 0 fully saturated rings. The van der Waals surface area contributed by atoms with Gasteiger partial charge in [0.15, 0.2) is 5.78 Å². The smallest absolute Gasteiger partial charge is 0.341 e. The molecular formula is C18H22O6. The lowest BCUT2D eigenvalue weighted by Crippen LogP contribution is -2.30. The zero-order valence-corrected chi connectivity index (χ0v) is 14.4. The third kappa shape index (κ3) is 3.27. The molecule has 0 amide bonds. The summed E-state index contributed by atoms with van der Waals surface area (Å²) in [6.45, 7) is 7.42. The predicted octanol–water partition coefficient (Wildman–Crippen LogP) is 2.90. The summed E-state index contributed by atoms with van der Waals surface area (Å²) in [5.41, 5.74) is 0.0622. The van der Waals surface area contributed by atoms with E-state index >= 15 is 0 Å². The highest BCUT2D eigenvalue weighted by atomic mass is 16.5. The van der Waals surface area contributed by atoms with Gasteiger partial charge in [0.05, 0.1) is 24.3 Å². The molecule has 6 nitrogen and oxygen atoms in total. The molecule has 0 saturated carbocycles. The van der Waals surface area contributed by atoms with Gasteiger partial charge in [-0.1, -0.05) is 13.8 Å². The Kier molecular flexibility index (Phi) is 4.96.